The van der Waals surface area contributed by atoms with E-state index in [4.69, 9.17) is 11.6 Å². The molecular formula is C13H21ClN4. The third-order valence-electron chi connectivity index (χ3n) is 3.18. The lowest BCUT2D eigenvalue weighted by Crippen LogP contribution is -2.45. The highest BCUT2D eigenvalue weighted by Gasteiger charge is 2.22. The normalized spacial score (nSPS) is 18.2. The first kappa shape index (κ1) is 13.6. The summed E-state index contributed by atoms with van der Waals surface area (Å²) in [5.41, 5.74) is -0.0772. The molecular weight excluding hydrogens is 248 g/mol. The number of hydrogen-bond donors (Lipinski definition) is 0. The summed E-state index contributed by atoms with van der Waals surface area (Å²) in [7, 11) is 2.14. The number of rotatable bonds is 1. The van der Waals surface area contributed by atoms with Crippen LogP contribution < -0.4 is 4.90 Å². The van der Waals surface area contributed by atoms with E-state index >= 15 is 0 Å². The van der Waals surface area contributed by atoms with Gasteiger partial charge in [-0.15, -0.1) is 0 Å². The molecule has 0 N–H and O–H groups in total. The lowest BCUT2D eigenvalue weighted by molar-refractivity contribution is 0.311. The fourth-order valence-electron chi connectivity index (χ4n) is 1.94. The smallest absolute Gasteiger partial charge is 0.137 e. The van der Waals surface area contributed by atoms with E-state index in [1.54, 1.807) is 0 Å². The predicted octanol–water partition coefficient (Wildman–Crippen LogP) is 2.18. The summed E-state index contributed by atoms with van der Waals surface area (Å²) in [6.07, 6.45) is 0. The molecule has 0 aromatic carbocycles. The van der Waals surface area contributed by atoms with Crippen LogP contribution in [0.1, 0.15) is 26.6 Å². The molecule has 1 fully saturated rings. The third kappa shape index (κ3) is 3.12. The van der Waals surface area contributed by atoms with E-state index < -0.39 is 0 Å². The van der Waals surface area contributed by atoms with Crippen LogP contribution in [0.3, 0.4) is 0 Å². The van der Waals surface area contributed by atoms with Crippen LogP contribution in [0.25, 0.3) is 0 Å². The molecule has 1 aromatic rings. The third-order valence-corrected chi connectivity index (χ3v) is 3.37. The highest BCUT2D eigenvalue weighted by atomic mass is 35.5. The molecule has 1 saturated heterocycles. The van der Waals surface area contributed by atoms with Crippen LogP contribution in [-0.2, 0) is 5.41 Å². The van der Waals surface area contributed by atoms with Gasteiger partial charge in [0.25, 0.3) is 0 Å². The average molecular weight is 269 g/mol. The Morgan fingerprint density at radius 2 is 1.72 bits per heavy atom. The van der Waals surface area contributed by atoms with E-state index in [0.717, 1.165) is 37.8 Å². The quantitative estimate of drug-likeness (QED) is 0.731. The molecule has 2 rings (SSSR count). The Morgan fingerprint density at radius 3 is 2.28 bits per heavy atom. The van der Waals surface area contributed by atoms with Gasteiger partial charge in [-0.2, -0.15) is 0 Å². The first-order chi connectivity index (χ1) is 8.36. The fourth-order valence-corrected chi connectivity index (χ4v) is 2.12. The molecule has 0 aliphatic carbocycles. The van der Waals surface area contributed by atoms with Crippen LogP contribution >= 0.6 is 11.6 Å². The predicted molar refractivity (Wildman–Crippen MR) is 75.5 cm³/mol. The molecule has 0 saturated carbocycles. The van der Waals surface area contributed by atoms with Gasteiger partial charge in [0.2, 0.25) is 0 Å². The zero-order valence-electron chi connectivity index (χ0n) is 11.6. The lowest BCUT2D eigenvalue weighted by Gasteiger charge is -2.33. The van der Waals surface area contributed by atoms with Gasteiger partial charge in [0, 0.05) is 37.7 Å². The molecule has 1 aliphatic rings. The van der Waals surface area contributed by atoms with Gasteiger partial charge in [-0.25, -0.2) is 9.97 Å². The molecule has 0 unspecified atom stereocenters. The van der Waals surface area contributed by atoms with Crippen LogP contribution in [0.4, 0.5) is 5.82 Å². The molecule has 0 bridgehead atoms. The second-order valence-corrected chi connectivity index (χ2v) is 6.30. The minimum Gasteiger partial charge on any atom is -0.354 e. The minimum absolute atomic E-state index is 0.0772. The average Bonchev–Trinajstić information content (AvgIpc) is 2.28. The topological polar surface area (TPSA) is 32.3 Å². The van der Waals surface area contributed by atoms with Crippen LogP contribution in [-0.4, -0.2) is 48.1 Å². The Hall–Kier alpha value is -0.870. The van der Waals surface area contributed by atoms with Crippen molar-refractivity contribution in [2.24, 2.45) is 0 Å². The number of anilines is 1. The number of halogens is 1. The van der Waals surface area contributed by atoms with Crippen LogP contribution in [0.2, 0.25) is 5.15 Å². The largest absolute Gasteiger partial charge is 0.354 e. The van der Waals surface area contributed by atoms with Gasteiger partial charge in [-0.3, -0.25) is 0 Å². The maximum Gasteiger partial charge on any atom is 0.137 e. The van der Waals surface area contributed by atoms with Crippen molar-refractivity contribution in [1.82, 2.24) is 14.9 Å². The Labute approximate surface area is 114 Å². The monoisotopic (exact) mass is 268 g/mol. The van der Waals surface area contributed by atoms with E-state index in [1.807, 2.05) is 6.07 Å². The Morgan fingerprint density at radius 1 is 1.11 bits per heavy atom. The van der Waals surface area contributed by atoms with Crippen molar-refractivity contribution in [3.63, 3.8) is 0 Å². The number of likely N-dealkylation sites (N-methyl/N-ethyl adjacent to an activating group) is 1. The van der Waals surface area contributed by atoms with Gasteiger partial charge in [0.15, 0.2) is 0 Å². The first-order valence-electron chi connectivity index (χ1n) is 6.35. The fraction of sp³-hybridized carbons (Fsp3) is 0.692. The van der Waals surface area contributed by atoms with Crippen molar-refractivity contribution in [3.05, 3.63) is 17.0 Å². The van der Waals surface area contributed by atoms with Crippen molar-refractivity contribution >= 4 is 17.4 Å². The maximum atomic E-state index is 6.12. The molecule has 5 heteroatoms. The molecule has 18 heavy (non-hydrogen) atoms. The molecule has 0 atom stereocenters. The molecule has 0 radical (unpaired) electrons. The molecule has 1 aromatic heterocycles. The first-order valence-corrected chi connectivity index (χ1v) is 6.72. The molecule has 0 amide bonds. The van der Waals surface area contributed by atoms with E-state index in [1.165, 1.54) is 0 Å². The van der Waals surface area contributed by atoms with Crippen molar-refractivity contribution < 1.29 is 0 Å². The Kier molecular flexibility index (Phi) is 3.78. The Bertz CT molecular complexity index is 419. The van der Waals surface area contributed by atoms with Gasteiger partial charge in [0.05, 0.1) is 0 Å². The zero-order chi connectivity index (χ0) is 13.3. The highest BCUT2D eigenvalue weighted by Crippen LogP contribution is 2.24. The number of piperazine rings is 1. The summed E-state index contributed by atoms with van der Waals surface area (Å²) in [5, 5.41) is 0.531. The molecule has 1 aliphatic heterocycles. The maximum absolute atomic E-state index is 6.12. The highest BCUT2D eigenvalue weighted by molar-refractivity contribution is 6.29. The van der Waals surface area contributed by atoms with E-state index in [2.05, 4.69) is 47.6 Å². The molecule has 2 heterocycles. The van der Waals surface area contributed by atoms with Crippen molar-refractivity contribution in [3.8, 4) is 0 Å². The second-order valence-electron chi connectivity index (χ2n) is 5.91. The van der Waals surface area contributed by atoms with Gasteiger partial charge >= 0.3 is 0 Å². The summed E-state index contributed by atoms with van der Waals surface area (Å²) in [6.45, 7) is 10.4. The van der Waals surface area contributed by atoms with E-state index in [-0.39, 0.29) is 5.41 Å². The van der Waals surface area contributed by atoms with Gasteiger partial charge < -0.3 is 9.80 Å². The van der Waals surface area contributed by atoms with Crippen LogP contribution in [0.5, 0.6) is 0 Å². The minimum atomic E-state index is -0.0772. The second kappa shape index (κ2) is 5.02. The SMILES string of the molecule is CN1CCN(c2cc(Cl)nc(C(C)(C)C)n2)CC1. The lowest BCUT2D eigenvalue weighted by atomic mass is 9.96. The van der Waals surface area contributed by atoms with Gasteiger partial charge in [0.1, 0.15) is 16.8 Å². The summed E-state index contributed by atoms with van der Waals surface area (Å²) in [4.78, 5) is 13.6. The molecule has 100 valence electrons. The summed E-state index contributed by atoms with van der Waals surface area (Å²) in [6, 6.07) is 1.86. The standard InChI is InChI=1S/C13H21ClN4/c1-13(2,3)12-15-10(14)9-11(16-12)18-7-5-17(4)6-8-18/h9H,5-8H2,1-4H3. The van der Waals surface area contributed by atoms with Gasteiger partial charge in [-0.05, 0) is 7.05 Å². The summed E-state index contributed by atoms with van der Waals surface area (Å²) in [5.74, 6) is 1.76. The van der Waals surface area contributed by atoms with E-state index in [0.29, 0.717) is 5.15 Å². The van der Waals surface area contributed by atoms with Crippen LogP contribution in [0.15, 0.2) is 6.07 Å². The van der Waals surface area contributed by atoms with Crippen LogP contribution in [0, 0.1) is 0 Å². The zero-order valence-corrected chi connectivity index (χ0v) is 12.3. The number of hydrogen-bond acceptors (Lipinski definition) is 4. The van der Waals surface area contributed by atoms with Crippen molar-refractivity contribution in [1.29, 1.82) is 0 Å². The molecule has 4 nitrogen and oxygen atoms in total. The van der Waals surface area contributed by atoms with E-state index in [9.17, 15) is 0 Å². The summed E-state index contributed by atoms with van der Waals surface area (Å²) < 4.78 is 0. The number of aromatic nitrogens is 2. The van der Waals surface area contributed by atoms with Gasteiger partial charge in [-0.1, -0.05) is 32.4 Å². The summed E-state index contributed by atoms with van der Waals surface area (Å²) >= 11 is 6.12. The number of nitrogens with zero attached hydrogens (tertiary/aromatic N) is 4. The Balaban J connectivity index is 2.25. The molecule has 0 spiro atoms. The van der Waals surface area contributed by atoms with Crippen molar-refractivity contribution in [2.75, 3.05) is 38.1 Å². The van der Waals surface area contributed by atoms with Crippen molar-refractivity contribution in [2.45, 2.75) is 26.2 Å².